The SMILES string of the molecule is COc1ccc(C(C)(C)C2CCCNC2)cc1Cl. The highest BCUT2D eigenvalue weighted by Crippen LogP contribution is 2.38. The van der Waals surface area contributed by atoms with Crippen LogP contribution in [0, 0.1) is 5.92 Å². The Hall–Kier alpha value is -0.730. The Kier molecular flexibility index (Phi) is 4.18. The van der Waals surface area contributed by atoms with Gasteiger partial charge in [-0.05, 0) is 55.0 Å². The third-order valence-corrected chi connectivity index (χ3v) is 4.51. The van der Waals surface area contributed by atoms with Gasteiger partial charge in [0.25, 0.3) is 0 Å². The van der Waals surface area contributed by atoms with E-state index >= 15 is 0 Å². The van der Waals surface area contributed by atoms with Gasteiger partial charge < -0.3 is 10.1 Å². The van der Waals surface area contributed by atoms with Crippen LogP contribution in [0.25, 0.3) is 0 Å². The Bertz CT molecular complexity index is 411. The first-order valence-corrected chi connectivity index (χ1v) is 6.98. The van der Waals surface area contributed by atoms with Gasteiger partial charge in [-0.2, -0.15) is 0 Å². The van der Waals surface area contributed by atoms with Crippen LogP contribution in [0.1, 0.15) is 32.3 Å². The molecule has 1 aromatic carbocycles. The molecule has 1 saturated heterocycles. The molecule has 18 heavy (non-hydrogen) atoms. The second kappa shape index (κ2) is 5.50. The Morgan fingerprint density at radius 1 is 1.39 bits per heavy atom. The van der Waals surface area contributed by atoms with E-state index in [4.69, 9.17) is 16.3 Å². The number of methoxy groups -OCH3 is 1. The predicted molar refractivity (Wildman–Crippen MR) is 76.6 cm³/mol. The minimum absolute atomic E-state index is 0.142. The van der Waals surface area contributed by atoms with Crippen LogP contribution in [-0.4, -0.2) is 20.2 Å². The minimum Gasteiger partial charge on any atom is -0.495 e. The number of ether oxygens (including phenoxy) is 1. The molecular formula is C15H22ClNO. The summed E-state index contributed by atoms with van der Waals surface area (Å²) in [7, 11) is 1.65. The Labute approximate surface area is 115 Å². The van der Waals surface area contributed by atoms with Crippen LogP contribution in [-0.2, 0) is 5.41 Å². The third kappa shape index (κ3) is 2.65. The quantitative estimate of drug-likeness (QED) is 0.903. The molecule has 0 radical (unpaired) electrons. The van der Waals surface area contributed by atoms with Gasteiger partial charge in [-0.25, -0.2) is 0 Å². The summed E-state index contributed by atoms with van der Waals surface area (Å²) in [4.78, 5) is 0. The molecule has 100 valence electrons. The Morgan fingerprint density at radius 2 is 2.17 bits per heavy atom. The third-order valence-electron chi connectivity index (χ3n) is 4.21. The number of rotatable bonds is 3. The summed E-state index contributed by atoms with van der Waals surface area (Å²) >= 11 is 6.23. The molecule has 1 fully saturated rings. The fourth-order valence-electron chi connectivity index (χ4n) is 2.77. The van der Waals surface area contributed by atoms with E-state index in [1.807, 2.05) is 6.07 Å². The molecule has 1 atom stereocenters. The summed E-state index contributed by atoms with van der Waals surface area (Å²) in [6, 6.07) is 6.16. The summed E-state index contributed by atoms with van der Waals surface area (Å²) in [5.74, 6) is 1.41. The summed E-state index contributed by atoms with van der Waals surface area (Å²) < 4.78 is 5.21. The van der Waals surface area contributed by atoms with Crippen molar-refractivity contribution in [2.45, 2.75) is 32.1 Å². The summed E-state index contributed by atoms with van der Waals surface area (Å²) in [5, 5.41) is 4.19. The van der Waals surface area contributed by atoms with Crippen molar-refractivity contribution in [3.8, 4) is 5.75 Å². The number of benzene rings is 1. The second-order valence-corrected chi connectivity index (χ2v) is 6.02. The molecule has 1 aromatic rings. The molecule has 0 aliphatic carbocycles. The average Bonchev–Trinajstić information content (AvgIpc) is 2.39. The highest BCUT2D eigenvalue weighted by Gasteiger charge is 2.32. The molecule has 0 amide bonds. The van der Waals surface area contributed by atoms with Crippen LogP contribution in [0.15, 0.2) is 18.2 Å². The first-order chi connectivity index (χ1) is 8.55. The fraction of sp³-hybridized carbons (Fsp3) is 0.600. The van der Waals surface area contributed by atoms with Crippen molar-refractivity contribution in [1.29, 1.82) is 0 Å². The number of halogens is 1. The number of piperidine rings is 1. The molecule has 1 aliphatic rings. The van der Waals surface area contributed by atoms with Crippen molar-refractivity contribution < 1.29 is 4.74 Å². The van der Waals surface area contributed by atoms with Gasteiger partial charge in [0.2, 0.25) is 0 Å². The lowest BCUT2D eigenvalue weighted by molar-refractivity contribution is 0.251. The van der Waals surface area contributed by atoms with Gasteiger partial charge in [-0.15, -0.1) is 0 Å². The van der Waals surface area contributed by atoms with Crippen molar-refractivity contribution in [1.82, 2.24) is 5.32 Å². The van der Waals surface area contributed by atoms with Gasteiger partial charge in [-0.3, -0.25) is 0 Å². The summed E-state index contributed by atoms with van der Waals surface area (Å²) in [5.41, 5.74) is 1.44. The van der Waals surface area contributed by atoms with Crippen LogP contribution in [0.2, 0.25) is 5.02 Å². The molecule has 1 unspecified atom stereocenters. The molecule has 0 spiro atoms. The highest BCUT2D eigenvalue weighted by atomic mass is 35.5. The zero-order chi connectivity index (χ0) is 13.2. The van der Waals surface area contributed by atoms with Crippen molar-refractivity contribution in [2.24, 2.45) is 5.92 Å². The number of hydrogen-bond acceptors (Lipinski definition) is 2. The molecule has 0 aromatic heterocycles. The molecule has 2 rings (SSSR count). The topological polar surface area (TPSA) is 21.3 Å². The van der Waals surface area contributed by atoms with Gasteiger partial charge in [0, 0.05) is 0 Å². The lowest BCUT2D eigenvalue weighted by Crippen LogP contribution is -2.40. The zero-order valence-corrected chi connectivity index (χ0v) is 12.2. The lowest BCUT2D eigenvalue weighted by atomic mass is 9.70. The van der Waals surface area contributed by atoms with Crippen LogP contribution in [0.4, 0.5) is 0 Å². The van der Waals surface area contributed by atoms with Gasteiger partial charge in [-0.1, -0.05) is 31.5 Å². The van der Waals surface area contributed by atoms with E-state index in [2.05, 4.69) is 31.3 Å². The maximum Gasteiger partial charge on any atom is 0.137 e. The maximum absolute atomic E-state index is 6.23. The van der Waals surface area contributed by atoms with Crippen molar-refractivity contribution >= 4 is 11.6 Å². The minimum atomic E-state index is 0.142. The molecule has 2 nitrogen and oxygen atoms in total. The normalized spacial score (nSPS) is 20.8. The molecular weight excluding hydrogens is 246 g/mol. The van der Waals surface area contributed by atoms with E-state index in [1.165, 1.54) is 18.4 Å². The van der Waals surface area contributed by atoms with E-state index in [-0.39, 0.29) is 5.41 Å². The van der Waals surface area contributed by atoms with Crippen molar-refractivity contribution in [3.05, 3.63) is 28.8 Å². The van der Waals surface area contributed by atoms with E-state index in [1.54, 1.807) is 7.11 Å². The van der Waals surface area contributed by atoms with Gasteiger partial charge in [0.1, 0.15) is 5.75 Å². The lowest BCUT2D eigenvalue weighted by Gasteiger charge is -2.38. The molecule has 1 aliphatic heterocycles. The Morgan fingerprint density at radius 3 is 2.72 bits per heavy atom. The van der Waals surface area contributed by atoms with E-state index < -0.39 is 0 Å². The molecule has 3 heteroatoms. The maximum atomic E-state index is 6.23. The zero-order valence-electron chi connectivity index (χ0n) is 11.4. The highest BCUT2D eigenvalue weighted by molar-refractivity contribution is 6.32. The number of nitrogens with one attached hydrogen (secondary N) is 1. The van der Waals surface area contributed by atoms with Gasteiger partial charge in [0.15, 0.2) is 0 Å². The van der Waals surface area contributed by atoms with Gasteiger partial charge in [0.05, 0.1) is 12.1 Å². The monoisotopic (exact) mass is 267 g/mol. The predicted octanol–water partition coefficient (Wildman–Crippen LogP) is 3.63. The smallest absolute Gasteiger partial charge is 0.137 e. The number of hydrogen-bond donors (Lipinski definition) is 1. The van der Waals surface area contributed by atoms with E-state index in [9.17, 15) is 0 Å². The summed E-state index contributed by atoms with van der Waals surface area (Å²) in [6.45, 7) is 6.86. The largest absolute Gasteiger partial charge is 0.495 e. The van der Waals surface area contributed by atoms with Crippen molar-refractivity contribution in [3.63, 3.8) is 0 Å². The van der Waals surface area contributed by atoms with Crippen LogP contribution in [0.3, 0.4) is 0 Å². The first-order valence-electron chi connectivity index (χ1n) is 6.60. The summed E-state index contributed by atoms with van der Waals surface area (Å²) in [6.07, 6.45) is 2.54. The van der Waals surface area contributed by atoms with Crippen LogP contribution >= 0.6 is 11.6 Å². The van der Waals surface area contributed by atoms with Crippen LogP contribution < -0.4 is 10.1 Å². The standard InChI is InChI=1S/C15H22ClNO/c1-15(2,12-5-4-8-17-10-12)11-6-7-14(18-3)13(16)9-11/h6-7,9,12,17H,4-5,8,10H2,1-3H3. The van der Waals surface area contributed by atoms with E-state index in [0.717, 1.165) is 18.8 Å². The molecule has 1 heterocycles. The van der Waals surface area contributed by atoms with Crippen molar-refractivity contribution in [2.75, 3.05) is 20.2 Å². The molecule has 0 saturated carbocycles. The average molecular weight is 268 g/mol. The second-order valence-electron chi connectivity index (χ2n) is 5.61. The van der Waals surface area contributed by atoms with Gasteiger partial charge >= 0.3 is 0 Å². The molecule has 0 bridgehead atoms. The molecule has 1 N–H and O–H groups in total. The van der Waals surface area contributed by atoms with Crippen LogP contribution in [0.5, 0.6) is 5.75 Å². The first kappa shape index (κ1) is 13.7. The Balaban J connectivity index is 2.25. The van der Waals surface area contributed by atoms with E-state index in [0.29, 0.717) is 10.9 Å². The fourth-order valence-corrected chi connectivity index (χ4v) is 3.03.